The number of hydrogen-bond donors (Lipinski definition) is 2. The van der Waals surface area contributed by atoms with Crippen LogP contribution in [0.25, 0.3) is 0 Å². The second-order valence-electron chi connectivity index (χ2n) is 10.9. The Hall–Kier alpha value is -7.08. The lowest BCUT2D eigenvalue weighted by Crippen LogP contribution is -2.31. The molecule has 262 valence electrons. The Labute approximate surface area is 299 Å². The average Bonchev–Trinajstić information content (AvgIpc) is 3.21. The molecule has 0 aliphatic rings. The van der Waals surface area contributed by atoms with Gasteiger partial charge in [0.05, 0.1) is 27.3 Å². The van der Waals surface area contributed by atoms with Crippen molar-refractivity contribution in [2.24, 2.45) is 10.3 Å². The van der Waals surface area contributed by atoms with Gasteiger partial charge >= 0.3 is 11.9 Å². The number of ether oxygens (including phenoxy) is 2. The number of carbonyl (C=O) groups excluding carboxylic acids is 4. The van der Waals surface area contributed by atoms with Gasteiger partial charge in [-0.15, -0.1) is 0 Å². The van der Waals surface area contributed by atoms with Gasteiger partial charge in [-0.2, -0.15) is 0 Å². The van der Waals surface area contributed by atoms with Crippen molar-refractivity contribution < 1.29 is 38.3 Å². The first-order valence-electron chi connectivity index (χ1n) is 16.0. The van der Waals surface area contributed by atoms with E-state index in [9.17, 15) is 19.2 Å². The average molecular weight is 699 g/mol. The SMILES string of the molecule is COc1ccccc1C(=O)O/N=C(/CNC(=O)c1ccc(C(=O)NC/C(=N/OC(=O)c2ccccc2OC)c2ccccc2)cc1)c1ccccc1. The molecule has 12 heteroatoms. The Kier molecular flexibility index (Phi) is 12.6. The first-order valence-corrected chi connectivity index (χ1v) is 16.0. The highest BCUT2D eigenvalue weighted by atomic mass is 16.7. The van der Waals surface area contributed by atoms with Crippen LogP contribution in [0, 0.1) is 0 Å². The van der Waals surface area contributed by atoms with Crippen molar-refractivity contribution in [2.75, 3.05) is 27.3 Å². The fraction of sp³-hybridized carbons (Fsp3) is 0.100. The van der Waals surface area contributed by atoms with Crippen LogP contribution in [-0.4, -0.2) is 62.5 Å². The van der Waals surface area contributed by atoms with Gasteiger partial charge in [0.2, 0.25) is 0 Å². The van der Waals surface area contributed by atoms with Gasteiger partial charge in [-0.25, -0.2) is 9.59 Å². The first-order chi connectivity index (χ1) is 25.4. The molecular weight excluding hydrogens is 664 g/mol. The van der Waals surface area contributed by atoms with Crippen molar-refractivity contribution in [3.63, 3.8) is 0 Å². The molecule has 0 saturated heterocycles. The molecule has 5 aromatic carbocycles. The summed E-state index contributed by atoms with van der Waals surface area (Å²) in [7, 11) is 2.89. The van der Waals surface area contributed by atoms with E-state index in [1.807, 2.05) is 12.1 Å². The number of rotatable bonds is 14. The van der Waals surface area contributed by atoms with Gasteiger partial charge in [-0.3, -0.25) is 9.59 Å². The van der Waals surface area contributed by atoms with Crippen LogP contribution in [0.15, 0.2) is 144 Å². The molecule has 0 atom stereocenters. The second-order valence-corrected chi connectivity index (χ2v) is 10.9. The molecule has 5 rings (SSSR count). The fourth-order valence-corrected chi connectivity index (χ4v) is 4.86. The molecule has 2 amide bonds. The molecule has 0 aliphatic heterocycles. The Morgan fingerprint density at radius 3 is 1.17 bits per heavy atom. The molecule has 0 saturated carbocycles. The van der Waals surface area contributed by atoms with Crippen LogP contribution in [-0.2, 0) is 9.68 Å². The van der Waals surface area contributed by atoms with E-state index in [4.69, 9.17) is 19.1 Å². The van der Waals surface area contributed by atoms with Crippen LogP contribution in [0.4, 0.5) is 0 Å². The quantitative estimate of drug-likeness (QED) is 0.0853. The molecule has 12 nitrogen and oxygen atoms in total. The maximum absolute atomic E-state index is 13.1. The Morgan fingerprint density at radius 1 is 0.462 bits per heavy atom. The number of para-hydroxylation sites is 2. The minimum atomic E-state index is -0.720. The Balaban J connectivity index is 1.22. The number of benzene rings is 5. The number of nitrogens with zero attached hydrogens (tertiary/aromatic N) is 2. The highest BCUT2D eigenvalue weighted by molar-refractivity contribution is 6.07. The molecule has 5 aromatic rings. The van der Waals surface area contributed by atoms with Crippen molar-refractivity contribution in [1.29, 1.82) is 0 Å². The highest BCUT2D eigenvalue weighted by Gasteiger charge is 2.17. The largest absolute Gasteiger partial charge is 0.496 e. The minimum Gasteiger partial charge on any atom is -0.496 e. The van der Waals surface area contributed by atoms with Crippen LogP contribution in [0.5, 0.6) is 11.5 Å². The van der Waals surface area contributed by atoms with Gasteiger partial charge in [-0.1, -0.05) is 95.2 Å². The van der Waals surface area contributed by atoms with E-state index in [1.54, 1.807) is 97.1 Å². The van der Waals surface area contributed by atoms with Gasteiger partial charge < -0.3 is 29.8 Å². The molecule has 0 bridgehead atoms. The lowest BCUT2D eigenvalue weighted by Gasteiger charge is -2.11. The van der Waals surface area contributed by atoms with E-state index in [0.29, 0.717) is 34.0 Å². The summed E-state index contributed by atoms with van der Waals surface area (Å²) in [5, 5.41) is 13.7. The van der Waals surface area contributed by atoms with Crippen LogP contribution < -0.4 is 20.1 Å². The van der Waals surface area contributed by atoms with Crippen LogP contribution >= 0.6 is 0 Å². The lowest BCUT2D eigenvalue weighted by atomic mass is 10.1. The summed E-state index contributed by atoms with van der Waals surface area (Å²) in [4.78, 5) is 62.1. The third kappa shape index (κ3) is 9.54. The molecule has 52 heavy (non-hydrogen) atoms. The molecule has 0 aliphatic carbocycles. The van der Waals surface area contributed by atoms with Gasteiger partial charge in [0.1, 0.15) is 34.0 Å². The van der Waals surface area contributed by atoms with Crippen molar-refractivity contribution in [3.05, 3.63) is 167 Å². The normalized spacial score (nSPS) is 11.2. The zero-order chi connectivity index (χ0) is 36.7. The summed E-state index contributed by atoms with van der Waals surface area (Å²) in [5.74, 6) is -1.65. The minimum absolute atomic E-state index is 0.0620. The number of hydrogen-bond acceptors (Lipinski definition) is 10. The summed E-state index contributed by atoms with van der Waals surface area (Å²) < 4.78 is 10.5. The molecule has 2 N–H and O–H groups in total. The monoisotopic (exact) mass is 698 g/mol. The lowest BCUT2D eigenvalue weighted by molar-refractivity contribution is 0.0503. The number of nitrogens with one attached hydrogen (secondary N) is 2. The summed E-state index contributed by atoms with van der Waals surface area (Å²) in [5.41, 5.74) is 2.84. The molecule has 0 unspecified atom stereocenters. The van der Waals surface area contributed by atoms with Gasteiger partial charge in [0.25, 0.3) is 11.8 Å². The van der Waals surface area contributed by atoms with E-state index in [-0.39, 0.29) is 35.3 Å². The van der Waals surface area contributed by atoms with E-state index < -0.39 is 23.8 Å². The van der Waals surface area contributed by atoms with Crippen molar-refractivity contribution in [2.45, 2.75) is 0 Å². The zero-order valence-corrected chi connectivity index (χ0v) is 28.3. The van der Waals surface area contributed by atoms with E-state index in [1.165, 1.54) is 38.5 Å². The predicted octanol–water partition coefficient (Wildman–Crippen LogP) is 5.69. The summed E-state index contributed by atoms with van der Waals surface area (Å²) in [6, 6.07) is 37.1. The third-order valence-corrected chi connectivity index (χ3v) is 7.59. The standard InChI is InChI=1S/C40H34N4O8/c1-49-35-19-11-9-17-31(35)39(47)51-43-33(27-13-5-3-6-14-27)25-41-37(45)29-21-23-30(24-22-29)38(46)42-26-34(28-15-7-4-8-16-28)44-52-40(48)32-18-10-12-20-36(32)50-2/h3-24H,25-26H2,1-2H3,(H,41,45)(H,42,46)/b43-33-,44-34-. The van der Waals surface area contributed by atoms with Gasteiger partial charge in [0.15, 0.2) is 0 Å². The van der Waals surface area contributed by atoms with Gasteiger partial charge in [0, 0.05) is 22.3 Å². The topological polar surface area (TPSA) is 154 Å². The van der Waals surface area contributed by atoms with Crippen molar-refractivity contribution in [1.82, 2.24) is 10.6 Å². The number of methoxy groups -OCH3 is 2. The summed E-state index contributed by atoms with van der Waals surface area (Å²) >= 11 is 0. The second kappa shape index (κ2) is 18.1. The predicted molar refractivity (Wildman–Crippen MR) is 194 cm³/mol. The van der Waals surface area contributed by atoms with Crippen LogP contribution in [0.1, 0.15) is 52.6 Å². The Bertz CT molecular complexity index is 1930. The maximum atomic E-state index is 13.1. The zero-order valence-electron chi connectivity index (χ0n) is 28.3. The number of carbonyl (C=O) groups is 4. The number of amides is 2. The molecule has 0 radical (unpaired) electrons. The molecule has 0 spiro atoms. The van der Waals surface area contributed by atoms with Gasteiger partial charge in [-0.05, 0) is 48.5 Å². The third-order valence-electron chi connectivity index (χ3n) is 7.59. The van der Waals surface area contributed by atoms with Crippen LogP contribution in [0.3, 0.4) is 0 Å². The van der Waals surface area contributed by atoms with Crippen molar-refractivity contribution >= 4 is 35.2 Å². The molecule has 0 fully saturated rings. The fourth-order valence-electron chi connectivity index (χ4n) is 4.86. The maximum Gasteiger partial charge on any atom is 0.369 e. The van der Waals surface area contributed by atoms with E-state index >= 15 is 0 Å². The Morgan fingerprint density at radius 2 is 0.808 bits per heavy atom. The molecule has 0 heterocycles. The summed E-state index contributed by atoms with van der Waals surface area (Å²) in [6.07, 6.45) is 0. The number of oxime groups is 2. The highest BCUT2D eigenvalue weighted by Crippen LogP contribution is 2.20. The van der Waals surface area contributed by atoms with E-state index in [2.05, 4.69) is 20.9 Å². The summed E-state index contributed by atoms with van der Waals surface area (Å²) in [6.45, 7) is -0.124. The van der Waals surface area contributed by atoms with Crippen molar-refractivity contribution in [3.8, 4) is 11.5 Å². The first kappa shape index (κ1) is 36.2. The smallest absolute Gasteiger partial charge is 0.369 e. The molecule has 0 aromatic heterocycles. The van der Waals surface area contributed by atoms with E-state index in [0.717, 1.165) is 0 Å². The van der Waals surface area contributed by atoms with Crippen LogP contribution in [0.2, 0.25) is 0 Å². The molecular formula is C40H34N4O8.